The van der Waals surface area contributed by atoms with E-state index in [-0.39, 0.29) is 48.2 Å². The number of hydrogen-bond acceptors (Lipinski definition) is 10. The minimum Gasteiger partial charge on any atom is -0.411 e. The second-order valence-corrected chi connectivity index (χ2v) is 18.0. The van der Waals surface area contributed by atoms with E-state index in [0.29, 0.717) is 44.2 Å². The molecule has 1 aromatic heterocycles. The van der Waals surface area contributed by atoms with Gasteiger partial charge in [0.15, 0.2) is 0 Å². The van der Waals surface area contributed by atoms with Gasteiger partial charge in [-0.25, -0.2) is 18.2 Å². The highest BCUT2D eigenvalue weighted by atomic mass is 32.2. The molecular weight excluding hydrogens is 739 g/mol. The molecule has 0 radical (unpaired) electrons. The molecular formula is C40H57N7O6S2. The molecule has 1 saturated carbocycles. The summed E-state index contributed by atoms with van der Waals surface area (Å²) in [6, 6.07) is 14.0. The summed E-state index contributed by atoms with van der Waals surface area (Å²) in [4.78, 5) is 36.5. The average Bonchev–Trinajstić information content (AvgIpc) is 3.94. The molecule has 0 bridgehead atoms. The van der Waals surface area contributed by atoms with Crippen LogP contribution in [0.25, 0.3) is 0 Å². The first-order valence-corrected chi connectivity index (χ1v) is 21.7. The molecule has 4 N–H and O–H groups in total. The van der Waals surface area contributed by atoms with E-state index in [0.717, 1.165) is 41.9 Å². The van der Waals surface area contributed by atoms with Crippen LogP contribution in [-0.4, -0.2) is 106 Å². The van der Waals surface area contributed by atoms with Gasteiger partial charge in [0.25, 0.3) is 0 Å². The Labute approximate surface area is 329 Å². The Kier molecular flexibility index (Phi) is 15.2. The van der Waals surface area contributed by atoms with Crippen LogP contribution in [0.3, 0.4) is 0 Å². The molecule has 0 unspecified atom stereocenters. The molecule has 13 nitrogen and oxygen atoms in total. The van der Waals surface area contributed by atoms with Gasteiger partial charge in [-0.3, -0.25) is 4.79 Å². The van der Waals surface area contributed by atoms with Crippen molar-refractivity contribution < 1.29 is 28.3 Å². The molecule has 2 fully saturated rings. The van der Waals surface area contributed by atoms with Crippen molar-refractivity contribution in [1.29, 1.82) is 0 Å². The summed E-state index contributed by atoms with van der Waals surface area (Å²) < 4.78 is 29.7. The van der Waals surface area contributed by atoms with E-state index in [1.807, 2.05) is 49.6 Å². The zero-order valence-corrected chi connectivity index (χ0v) is 34.0. The fourth-order valence-corrected chi connectivity index (χ4v) is 9.64. The highest BCUT2D eigenvalue weighted by Crippen LogP contribution is 2.29. The van der Waals surface area contributed by atoms with Crippen LogP contribution in [0.15, 0.2) is 70.0 Å². The maximum Gasteiger partial charge on any atom is 0.321 e. The highest BCUT2D eigenvalue weighted by Gasteiger charge is 2.41. The van der Waals surface area contributed by atoms with Crippen LogP contribution in [0, 0.1) is 11.8 Å². The number of rotatable bonds is 20. The van der Waals surface area contributed by atoms with E-state index in [4.69, 9.17) is 10.2 Å². The highest BCUT2D eigenvalue weighted by molar-refractivity contribution is 7.89. The van der Waals surface area contributed by atoms with Gasteiger partial charge in [-0.2, -0.15) is 4.31 Å². The zero-order chi connectivity index (χ0) is 39.5. The van der Waals surface area contributed by atoms with Gasteiger partial charge in [0.1, 0.15) is 11.0 Å². The third-order valence-corrected chi connectivity index (χ3v) is 13.4. The standard InChI is InChI=1S/C40H57N7O6S2/c1-5-29(4)38(47-20-19-45(40(47)50)25-33-27-54-37(43-33)23-41-28(2)3)39(49)44-35(21-30-11-7-6-8-12-30)36(48)26-46(24-32-13-9-10-14-32)55(52,53)34-17-15-31(16-18-34)22-42-51/h6-8,11-12,15-18,22,27-29,32,35-36,38,41,48,51H,5,9-10,13-14,19-21,23-26H2,1-4H3,(H,44,49)/t29-,35+,36-,38-/m1/s1. The molecule has 300 valence electrons. The van der Waals surface area contributed by atoms with E-state index >= 15 is 0 Å². The topological polar surface area (TPSA) is 168 Å². The quantitative estimate of drug-likeness (QED) is 0.0699. The molecule has 1 aliphatic heterocycles. The lowest BCUT2D eigenvalue weighted by atomic mass is 9.95. The zero-order valence-electron chi connectivity index (χ0n) is 32.4. The Balaban J connectivity index is 1.36. The van der Waals surface area contributed by atoms with E-state index in [1.165, 1.54) is 22.7 Å². The molecule has 4 atom stereocenters. The molecule has 2 aromatic carbocycles. The lowest BCUT2D eigenvalue weighted by molar-refractivity contribution is -0.128. The normalized spacial score (nSPS) is 17.8. The molecule has 3 amide bonds. The SMILES string of the molecule is CC[C@@H](C)[C@H](C(=O)N[C@@H](Cc1ccccc1)[C@H](O)CN(CC1CCCC1)S(=O)(=O)c1ccc(C=NO)cc1)N1CCN(Cc2csc(CNC(C)C)n2)C1=O. The summed E-state index contributed by atoms with van der Waals surface area (Å²) in [7, 11) is -4.05. The van der Waals surface area contributed by atoms with E-state index in [2.05, 4.69) is 29.6 Å². The summed E-state index contributed by atoms with van der Waals surface area (Å²) in [5, 5.41) is 33.3. The van der Waals surface area contributed by atoms with Crippen LogP contribution < -0.4 is 10.6 Å². The fourth-order valence-electron chi connectivity index (χ4n) is 7.37. The van der Waals surface area contributed by atoms with Crippen LogP contribution in [0.5, 0.6) is 0 Å². The number of aliphatic hydroxyl groups excluding tert-OH is 1. The minimum absolute atomic E-state index is 0.0615. The van der Waals surface area contributed by atoms with Gasteiger partial charge >= 0.3 is 6.03 Å². The average molecular weight is 796 g/mol. The second-order valence-electron chi connectivity index (χ2n) is 15.2. The number of nitrogens with zero attached hydrogens (tertiary/aromatic N) is 5. The van der Waals surface area contributed by atoms with E-state index in [1.54, 1.807) is 33.3 Å². The maximum absolute atomic E-state index is 14.4. The molecule has 2 aliphatic rings. The van der Waals surface area contributed by atoms with Crippen molar-refractivity contribution in [3.05, 3.63) is 81.8 Å². The van der Waals surface area contributed by atoms with Crippen molar-refractivity contribution in [2.75, 3.05) is 26.2 Å². The van der Waals surface area contributed by atoms with Crippen molar-refractivity contribution in [2.24, 2.45) is 17.0 Å². The van der Waals surface area contributed by atoms with Crippen LogP contribution in [-0.2, 0) is 34.3 Å². The third kappa shape index (κ3) is 11.3. The van der Waals surface area contributed by atoms with Gasteiger partial charge in [0.2, 0.25) is 15.9 Å². The smallest absolute Gasteiger partial charge is 0.321 e. The summed E-state index contributed by atoms with van der Waals surface area (Å²) in [5.74, 6) is -0.424. The number of aromatic nitrogens is 1. The Morgan fingerprint density at radius 2 is 1.80 bits per heavy atom. The summed E-state index contributed by atoms with van der Waals surface area (Å²) >= 11 is 1.55. The first-order valence-electron chi connectivity index (χ1n) is 19.4. The predicted molar refractivity (Wildman–Crippen MR) is 214 cm³/mol. The number of nitrogens with one attached hydrogen (secondary N) is 2. The van der Waals surface area contributed by atoms with Crippen molar-refractivity contribution in [3.63, 3.8) is 0 Å². The van der Waals surface area contributed by atoms with Gasteiger partial charge in [-0.15, -0.1) is 11.3 Å². The lowest BCUT2D eigenvalue weighted by Crippen LogP contribution is -2.57. The minimum atomic E-state index is -4.05. The van der Waals surface area contributed by atoms with Crippen molar-refractivity contribution in [1.82, 2.24) is 29.7 Å². The van der Waals surface area contributed by atoms with Crippen molar-refractivity contribution in [3.8, 4) is 0 Å². The van der Waals surface area contributed by atoms with Crippen molar-refractivity contribution >= 4 is 39.5 Å². The number of oxime groups is 1. The summed E-state index contributed by atoms with van der Waals surface area (Å²) in [6.07, 6.45) is 4.68. The molecule has 2 heterocycles. The number of carbonyl (C=O) groups is 2. The van der Waals surface area contributed by atoms with Crippen molar-refractivity contribution in [2.45, 2.75) is 108 Å². The molecule has 3 aromatic rings. The number of sulfonamides is 1. The van der Waals surface area contributed by atoms with Crippen LogP contribution in [0.1, 0.15) is 81.6 Å². The number of benzene rings is 2. The predicted octanol–water partition coefficient (Wildman–Crippen LogP) is 5.07. The first-order chi connectivity index (χ1) is 26.4. The first kappa shape index (κ1) is 42.3. The number of amides is 3. The number of thiazole rings is 1. The Morgan fingerprint density at radius 3 is 2.45 bits per heavy atom. The van der Waals surface area contributed by atoms with Gasteiger partial charge in [-0.05, 0) is 54.4 Å². The third-order valence-electron chi connectivity index (χ3n) is 10.7. The van der Waals surface area contributed by atoms with Gasteiger partial charge in [0.05, 0.1) is 35.5 Å². The molecule has 1 saturated heterocycles. The Bertz CT molecular complexity index is 1820. The molecule has 1 aliphatic carbocycles. The van der Waals surface area contributed by atoms with Gasteiger partial charge < -0.3 is 30.7 Å². The summed E-state index contributed by atoms with van der Waals surface area (Å²) in [5.41, 5.74) is 2.22. The number of hydrogen-bond donors (Lipinski definition) is 4. The Hall–Kier alpha value is -3.89. The number of urea groups is 1. The molecule has 5 rings (SSSR count). The number of carbonyl (C=O) groups excluding carboxylic acids is 2. The molecule has 0 spiro atoms. The summed E-state index contributed by atoms with van der Waals surface area (Å²) in [6.45, 7) is 9.93. The Morgan fingerprint density at radius 1 is 1.09 bits per heavy atom. The van der Waals surface area contributed by atoms with Crippen LogP contribution >= 0.6 is 11.3 Å². The van der Waals surface area contributed by atoms with E-state index in [9.17, 15) is 23.1 Å². The number of aliphatic hydroxyl groups is 1. The fraction of sp³-hybridized carbons (Fsp3) is 0.550. The molecule has 15 heteroatoms. The van der Waals surface area contributed by atoms with Gasteiger partial charge in [-0.1, -0.05) is 94.6 Å². The maximum atomic E-state index is 14.4. The second kappa shape index (κ2) is 19.8. The monoisotopic (exact) mass is 795 g/mol. The lowest BCUT2D eigenvalue weighted by Gasteiger charge is -2.35. The largest absolute Gasteiger partial charge is 0.411 e. The van der Waals surface area contributed by atoms with Crippen LogP contribution in [0.4, 0.5) is 4.79 Å². The van der Waals surface area contributed by atoms with Gasteiger partial charge in [0, 0.05) is 44.1 Å². The van der Waals surface area contributed by atoms with E-state index < -0.39 is 28.2 Å². The van der Waals surface area contributed by atoms with Crippen LogP contribution in [0.2, 0.25) is 0 Å². The molecule has 55 heavy (non-hydrogen) atoms.